The van der Waals surface area contributed by atoms with Gasteiger partial charge in [0.1, 0.15) is 16.9 Å². The van der Waals surface area contributed by atoms with Crippen molar-refractivity contribution < 1.29 is 28.9 Å². The van der Waals surface area contributed by atoms with Gasteiger partial charge in [0, 0.05) is 30.9 Å². The van der Waals surface area contributed by atoms with Crippen LogP contribution in [0, 0.1) is 0 Å². The zero-order chi connectivity index (χ0) is 31.9. The van der Waals surface area contributed by atoms with Crippen LogP contribution in [0.4, 0.5) is 16.2 Å². The molecule has 3 aromatic carbocycles. The van der Waals surface area contributed by atoms with Gasteiger partial charge >= 0.3 is 6.09 Å². The van der Waals surface area contributed by atoms with Gasteiger partial charge in [0.25, 0.3) is 0 Å². The molecule has 0 spiro atoms. The monoisotopic (exact) mass is 616 g/mol. The van der Waals surface area contributed by atoms with Crippen LogP contribution in [0.15, 0.2) is 72.8 Å². The zero-order valence-electron chi connectivity index (χ0n) is 26.3. The Bertz CT molecular complexity index is 1430. The number of aliphatic hydroxyl groups is 1. The van der Waals surface area contributed by atoms with E-state index in [0.29, 0.717) is 62.9 Å². The molecule has 10 nitrogen and oxygen atoms in total. The fourth-order valence-electron chi connectivity index (χ4n) is 5.37. The summed E-state index contributed by atoms with van der Waals surface area (Å²) in [5, 5.41) is 20.1. The number of rotatable bonds is 12. The predicted molar refractivity (Wildman–Crippen MR) is 174 cm³/mol. The molecule has 4 N–H and O–H groups in total. The topological polar surface area (TPSA) is 121 Å². The summed E-state index contributed by atoms with van der Waals surface area (Å²) in [6, 6.07) is 23.2. The van der Waals surface area contributed by atoms with Gasteiger partial charge in [0.05, 0.1) is 25.5 Å². The molecule has 2 amide bonds. The Kier molecular flexibility index (Phi) is 10.3. The van der Waals surface area contributed by atoms with Crippen LogP contribution < -0.4 is 20.7 Å². The minimum atomic E-state index is -1.02. The van der Waals surface area contributed by atoms with Gasteiger partial charge in [-0.1, -0.05) is 48.5 Å². The molecule has 1 aliphatic carbocycles. The third-order valence-electron chi connectivity index (χ3n) is 7.87. The summed E-state index contributed by atoms with van der Waals surface area (Å²) in [5.74, 6) is 0.401. The van der Waals surface area contributed by atoms with Crippen molar-refractivity contribution in [2.45, 2.75) is 57.4 Å². The summed E-state index contributed by atoms with van der Waals surface area (Å²) >= 11 is 0. The normalized spacial score (nSPS) is 16.7. The molecule has 240 valence electrons. The van der Waals surface area contributed by atoms with Crippen LogP contribution in [0.1, 0.15) is 51.8 Å². The average molecular weight is 617 g/mol. The first-order valence-corrected chi connectivity index (χ1v) is 15.6. The molecule has 0 radical (unpaired) electrons. The Hall–Kier alpha value is -4.12. The number of benzene rings is 3. The highest BCUT2D eigenvalue weighted by atomic mass is 16.6. The second kappa shape index (κ2) is 14.3. The van der Waals surface area contributed by atoms with Crippen molar-refractivity contribution in [1.82, 2.24) is 10.2 Å². The van der Waals surface area contributed by atoms with Crippen LogP contribution in [0.25, 0.3) is 11.1 Å². The van der Waals surface area contributed by atoms with Gasteiger partial charge in [0.15, 0.2) is 6.23 Å². The summed E-state index contributed by atoms with van der Waals surface area (Å²) in [5.41, 5.74) is 2.90. The minimum Gasteiger partial charge on any atom is -0.491 e. The maximum Gasteiger partial charge on any atom is 0.407 e. The third kappa shape index (κ3) is 8.75. The van der Waals surface area contributed by atoms with Crippen molar-refractivity contribution in [1.29, 1.82) is 0 Å². The number of amides is 2. The number of nitrogens with zero attached hydrogens (tertiary/aromatic N) is 1. The number of morpholine rings is 1. The molecule has 5 rings (SSSR count). The second-order valence-electron chi connectivity index (χ2n) is 12.5. The van der Waals surface area contributed by atoms with Gasteiger partial charge < -0.3 is 35.3 Å². The number of hydrogen-bond donors (Lipinski definition) is 4. The smallest absolute Gasteiger partial charge is 0.407 e. The lowest BCUT2D eigenvalue weighted by Crippen LogP contribution is -2.51. The number of alkyl carbamates (subject to hydrolysis) is 1. The lowest BCUT2D eigenvalue weighted by Gasteiger charge is -2.34. The first kappa shape index (κ1) is 32.3. The lowest BCUT2D eigenvalue weighted by atomic mass is 10.1. The Morgan fingerprint density at radius 1 is 0.978 bits per heavy atom. The van der Waals surface area contributed by atoms with Crippen LogP contribution in [0.3, 0.4) is 0 Å². The maximum atomic E-state index is 13.6. The number of nitrogens with one attached hydrogen (secondary N) is 3. The lowest BCUT2D eigenvalue weighted by molar-refractivity contribution is -0.124. The van der Waals surface area contributed by atoms with Crippen molar-refractivity contribution in [3.63, 3.8) is 0 Å². The fraction of sp³-hybridized carbons (Fsp3) is 0.429. The van der Waals surface area contributed by atoms with E-state index in [9.17, 15) is 14.7 Å². The van der Waals surface area contributed by atoms with Crippen LogP contribution in [-0.4, -0.2) is 72.6 Å². The molecule has 0 aromatic heterocycles. The van der Waals surface area contributed by atoms with E-state index in [4.69, 9.17) is 14.2 Å². The molecule has 45 heavy (non-hydrogen) atoms. The Morgan fingerprint density at radius 2 is 1.67 bits per heavy atom. The van der Waals surface area contributed by atoms with Gasteiger partial charge in [0.2, 0.25) is 5.91 Å². The molecular formula is C35H44N4O6. The van der Waals surface area contributed by atoms with Crippen molar-refractivity contribution >= 4 is 23.4 Å². The van der Waals surface area contributed by atoms with E-state index in [1.54, 1.807) is 18.2 Å². The van der Waals surface area contributed by atoms with Gasteiger partial charge in [-0.15, -0.1) is 0 Å². The summed E-state index contributed by atoms with van der Waals surface area (Å²) in [7, 11) is 0. The average Bonchev–Trinajstić information content (AvgIpc) is 3.84. The van der Waals surface area contributed by atoms with Crippen molar-refractivity contribution in [2.24, 2.45) is 0 Å². The highest BCUT2D eigenvalue weighted by molar-refractivity contribution is 6.01. The Labute approximate surface area is 265 Å². The fourth-order valence-corrected chi connectivity index (χ4v) is 5.37. The summed E-state index contributed by atoms with van der Waals surface area (Å²) in [4.78, 5) is 27.8. The SMILES string of the molecule is CC(C)(C)OC(=O)NCCCOc1ccc(C(O)Nc2ccc(-c3ccccc3)cc2)cc1NC(=O)C1(N2CCOCC2)CC1. The molecular weight excluding hydrogens is 572 g/mol. The molecule has 1 saturated carbocycles. The van der Waals surface area contributed by atoms with Gasteiger partial charge in [-0.25, -0.2) is 4.79 Å². The van der Waals surface area contributed by atoms with E-state index in [0.717, 1.165) is 29.7 Å². The Morgan fingerprint density at radius 3 is 2.33 bits per heavy atom. The second-order valence-corrected chi connectivity index (χ2v) is 12.5. The minimum absolute atomic E-state index is 0.0862. The molecule has 1 atom stereocenters. The van der Waals surface area contributed by atoms with Crippen molar-refractivity contribution in [3.8, 4) is 16.9 Å². The van der Waals surface area contributed by atoms with E-state index in [1.165, 1.54) is 0 Å². The number of hydrogen-bond acceptors (Lipinski definition) is 8. The number of carbonyl (C=O) groups is 2. The number of anilines is 2. The number of carbonyl (C=O) groups excluding carboxylic acids is 2. The zero-order valence-corrected chi connectivity index (χ0v) is 26.3. The van der Waals surface area contributed by atoms with Gasteiger partial charge in [-0.05, 0) is 75.4 Å². The summed E-state index contributed by atoms with van der Waals surface area (Å²) < 4.78 is 16.8. The predicted octanol–water partition coefficient (Wildman–Crippen LogP) is 5.55. The summed E-state index contributed by atoms with van der Waals surface area (Å²) in [6.07, 6.45) is 0.607. The van der Waals surface area contributed by atoms with Crippen LogP contribution in [0.2, 0.25) is 0 Å². The van der Waals surface area contributed by atoms with Crippen molar-refractivity contribution in [2.75, 3.05) is 50.1 Å². The molecule has 3 aromatic rings. The standard InChI is InChI=1S/C35H44N4O6/c1-34(2,3)45-33(42)36-18-7-21-44-30-15-12-27(24-29(30)38-32(41)35(16-17-35)39-19-22-43-23-20-39)31(40)37-28-13-10-26(11-14-28)25-8-5-4-6-9-25/h4-6,8-15,24,31,37,40H,7,16-23H2,1-3H3,(H,36,42)(H,38,41). The van der Waals surface area contributed by atoms with Crippen LogP contribution in [-0.2, 0) is 14.3 Å². The van der Waals surface area contributed by atoms with E-state index >= 15 is 0 Å². The number of ether oxygens (including phenoxy) is 3. The highest BCUT2D eigenvalue weighted by Crippen LogP contribution is 2.44. The molecule has 1 unspecified atom stereocenters. The van der Waals surface area contributed by atoms with Crippen LogP contribution >= 0.6 is 0 Å². The molecule has 1 saturated heterocycles. The van der Waals surface area contributed by atoms with E-state index in [1.807, 2.05) is 63.2 Å². The van der Waals surface area contributed by atoms with E-state index < -0.39 is 23.5 Å². The molecule has 1 aliphatic heterocycles. The van der Waals surface area contributed by atoms with Crippen LogP contribution in [0.5, 0.6) is 5.75 Å². The molecule has 2 aliphatic rings. The highest BCUT2D eigenvalue weighted by Gasteiger charge is 2.54. The molecule has 2 fully saturated rings. The van der Waals surface area contributed by atoms with Crippen molar-refractivity contribution in [3.05, 3.63) is 78.4 Å². The molecule has 0 bridgehead atoms. The largest absolute Gasteiger partial charge is 0.491 e. The van der Waals surface area contributed by atoms with E-state index in [-0.39, 0.29) is 5.91 Å². The van der Waals surface area contributed by atoms with E-state index in [2.05, 4.69) is 33.0 Å². The molecule has 1 heterocycles. The summed E-state index contributed by atoms with van der Waals surface area (Å²) in [6.45, 7) is 8.78. The number of aliphatic hydroxyl groups excluding tert-OH is 1. The van der Waals surface area contributed by atoms with Gasteiger partial charge in [-0.2, -0.15) is 0 Å². The molecule has 10 heteroatoms. The first-order chi connectivity index (χ1) is 21.6. The Balaban J connectivity index is 1.26. The first-order valence-electron chi connectivity index (χ1n) is 15.6. The quantitative estimate of drug-likeness (QED) is 0.154. The third-order valence-corrected chi connectivity index (χ3v) is 7.87. The maximum absolute atomic E-state index is 13.6. The van der Waals surface area contributed by atoms with Gasteiger partial charge in [-0.3, -0.25) is 9.69 Å².